The minimum atomic E-state index is -2.72. The smallest absolute Gasteiger partial charge is 0.255 e. The van der Waals surface area contributed by atoms with Gasteiger partial charge in [-0.05, 0) is 51.4 Å². The minimum absolute atomic E-state index is 0.00973. The Bertz CT molecular complexity index is 1620. The fourth-order valence-corrected chi connectivity index (χ4v) is 6.46. The summed E-state index contributed by atoms with van der Waals surface area (Å²) >= 11 is 0. The second-order valence-electron chi connectivity index (χ2n) is 11.5. The van der Waals surface area contributed by atoms with Crippen molar-refractivity contribution in [2.75, 3.05) is 19.4 Å². The molecule has 3 aliphatic rings. The number of Topliss-reactive ketones (excluding diaryl/α,β-unsaturated/α-hetero) is 2. The molecule has 14 nitrogen and oxygen atoms in total. The number of rotatable bonds is 7. The molecule has 2 amide bonds. The Kier molecular flexibility index (Phi) is 7.40. The van der Waals surface area contributed by atoms with Gasteiger partial charge in [0.1, 0.15) is 28.7 Å². The molecule has 1 fully saturated rings. The van der Waals surface area contributed by atoms with E-state index in [1.807, 2.05) is 7.05 Å². The van der Waals surface area contributed by atoms with Crippen molar-refractivity contribution in [3.63, 3.8) is 0 Å². The number of nitrogens with one attached hydrogen (secondary N) is 2. The molecule has 4 unspecified atom stereocenters. The number of aliphatic hydroxyl groups excluding tert-OH is 2. The van der Waals surface area contributed by atoms with Gasteiger partial charge >= 0.3 is 0 Å². The van der Waals surface area contributed by atoms with Gasteiger partial charge in [-0.1, -0.05) is 6.07 Å². The van der Waals surface area contributed by atoms with Crippen molar-refractivity contribution in [3.8, 4) is 5.75 Å². The van der Waals surface area contributed by atoms with Crippen molar-refractivity contribution in [3.05, 3.63) is 58.4 Å². The highest BCUT2D eigenvalue weighted by atomic mass is 16.3. The summed E-state index contributed by atoms with van der Waals surface area (Å²) in [7, 11) is 4.90. The topological polar surface area (TPSA) is 220 Å². The number of imidazole rings is 1. The molecule has 1 saturated carbocycles. The number of benzene rings is 1. The van der Waals surface area contributed by atoms with Crippen molar-refractivity contribution < 1.29 is 39.6 Å². The van der Waals surface area contributed by atoms with Crippen molar-refractivity contribution in [1.82, 2.24) is 19.8 Å². The Balaban J connectivity index is 1.49. The van der Waals surface area contributed by atoms with E-state index in [9.17, 15) is 39.6 Å². The van der Waals surface area contributed by atoms with Crippen molar-refractivity contribution in [2.45, 2.75) is 44.0 Å². The number of ketones is 2. The molecule has 2 aromatic rings. The van der Waals surface area contributed by atoms with Crippen LogP contribution in [-0.4, -0.2) is 90.0 Å². The number of phenols is 1. The van der Waals surface area contributed by atoms with E-state index in [2.05, 4.69) is 15.6 Å². The Morgan fingerprint density at radius 2 is 1.93 bits per heavy atom. The lowest BCUT2D eigenvalue weighted by molar-refractivity contribution is -0.153. The van der Waals surface area contributed by atoms with Crippen LogP contribution in [0.5, 0.6) is 5.75 Å². The van der Waals surface area contributed by atoms with Crippen LogP contribution in [0, 0.1) is 11.8 Å². The molecular formula is C29H34N6O8. The summed E-state index contributed by atoms with van der Waals surface area (Å²) in [6, 6.07) is 1.24. The Morgan fingerprint density at radius 3 is 2.53 bits per heavy atom. The third kappa shape index (κ3) is 4.58. The number of carbonyl (C=O) groups excluding carboxylic acids is 4. The van der Waals surface area contributed by atoms with Crippen LogP contribution in [0.25, 0.3) is 5.76 Å². The lowest BCUT2D eigenvalue weighted by Crippen LogP contribution is -2.65. The number of nitrogens with zero attached hydrogens (tertiary/aromatic N) is 3. The third-order valence-electron chi connectivity index (χ3n) is 8.73. The van der Waals surface area contributed by atoms with Gasteiger partial charge in [0.2, 0.25) is 11.7 Å². The van der Waals surface area contributed by atoms with Crippen LogP contribution in [0.1, 0.15) is 30.3 Å². The first-order valence-corrected chi connectivity index (χ1v) is 13.7. The third-order valence-corrected chi connectivity index (χ3v) is 8.73. The van der Waals surface area contributed by atoms with E-state index in [4.69, 9.17) is 5.73 Å². The number of hydrogen-bond donors (Lipinski definition) is 7. The number of nitrogens with two attached hydrogens (primary N) is 1. The quantitative estimate of drug-likeness (QED) is 0.165. The number of aryl methyl sites for hydroxylation is 1. The maximum Gasteiger partial charge on any atom is 0.255 e. The minimum Gasteiger partial charge on any atom is -0.508 e. The molecule has 8 N–H and O–H groups in total. The zero-order valence-corrected chi connectivity index (χ0v) is 24.1. The number of aliphatic hydroxyl groups is 3. The van der Waals surface area contributed by atoms with E-state index in [0.29, 0.717) is 17.9 Å². The number of likely N-dealkylation sites (N-methyl/N-ethyl adjacent to an activating group) is 1. The average molecular weight is 595 g/mol. The largest absolute Gasteiger partial charge is 0.508 e. The first-order chi connectivity index (χ1) is 20.2. The number of amides is 2. The van der Waals surface area contributed by atoms with Crippen LogP contribution in [0.2, 0.25) is 0 Å². The van der Waals surface area contributed by atoms with Crippen molar-refractivity contribution >= 4 is 34.8 Å². The molecule has 1 heterocycles. The Morgan fingerprint density at radius 1 is 1.23 bits per heavy atom. The second kappa shape index (κ2) is 10.6. The molecule has 1 aromatic heterocycles. The first kappa shape index (κ1) is 29.9. The van der Waals surface area contributed by atoms with Crippen LogP contribution in [-0.2, 0) is 39.2 Å². The number of aromatic nitrogens is 2. The number of phenolic OH excluding ortho intramolecular Hbond substituents is 1. The number of primary amides is 1. The van der Waals surface area contributed by atoms with Crippen LogP contribution in [0.4, 0.5) is 5.69 Å². The monoisotopic (exact) mass is 594 g/mol. The standard InChI is InChI=1S/C29H34N6O8/c1-12(32-11-17-31-7-8-35(17)4)28(42)33-16-6-5-13-9-14-10-15-21(34(2)3)24(38)20(27(30)41)26(40)29(15,43)25(39)19(14)23(37)18(13)22(16)36/h5-8,12,14-15,21,32,36-37,40,43H,9-11H2,1-4H3,(H2,30,41)(H,33,42)/t12?,14?,15?,21-,29?/m0/s1. The van der Waals surface area contributed by atoms with Gasteiger partial charge in [0.15, 0.2) is 11.4 Å². The average Bonchev–Trinajstić information content (AvgIpc) is 3.34. The predicted molar refractivity (Wildman–Crippen MR) is 152 cm³/mol. The fourth-order valence-electron chi connectivity index (χ4n) is 6.46. The summed E-state index contributed by atoms with van der Waals surface area (Å²) in [5, 5.41) is 50.8. The van der Waals surface area contributed by atoms with Gasteiger partial charge in [-0.3, -0.25) is 29.4 Å². The number of fused-ring (bicyclic) bond motifs is 3. The summed E-state index contributed by atoms with van der Waals surface area (Å²) in [6.07, 6.45) is 3.55. The van der Waals surface area contributed by atoms with Gasteiger partial charge in [-0.2, -0.15) is 0 Å². The molecule has 0 radical (unpaired) electrons. The van der Waals surface area contributed by atoms with Crippen LogP contribution < -0.4 is 16.4 Å². The number of carbonyl (C=O) groups is 4. The summed E-state index contributed by atoms with van der Waals surface area (Å²) in [5.41, 5.74) is 1.83. The zero-order valence-electron chi connectivity index (χ0n) is 24.1. The Labute approximate surface area is 246 Å². The molecule has 5 rings (SSSR count). The predicted octanol–water partition coefficient (Wildman–Crippen LogP) is -0.186. The highest BCUT2D eigenvalue weighted by molar-refractivity contribution is 6.24. The molecule has 3 aliphatic carbocycles. The van der Waals surface area contributed by atoms with Gasteiger partial charge in [0, 0.05) is 30.9 Å². The molecule has 0 spiro atoms. The first-order valence-electron chi connectivity index (χ1n) is 13.7. The highest BCUT2D eigenvalue weighted by Crippen LogP contribution is 2.53. The van der Waals surface area contributed by atoms with Crippen molar-refractivity contribution in [1.29, 1.82) is 0 Å². The van der Waals surface area contributed by atoms with E-state index in [0.717, 1.165) is 0 Å². The van der Waals surface area contributed by atoms with E-state index < -0.39 is 75.7 Å². The Hall–Kier alpha value is -4.53. The van der Waals surface area contributed by atoms with Crippen LogP contribution in [0.15, 0.2) is 41.4 Å². The molecular weight excluding hydrogens is 560 g/mol. The maximum absolute atomic E-state index is 13.9. The molecule has 1 aromatic carbocycles. The fraction of sp³-hybridized carbons (Fsp3) is 0.414. The van der Waals surface area contributed by atoms with Gasteiger partial charge in [0.05, 0.1) is 29.9 Å². The van der Waals surface area contributed by atoms with E-state index in [1.54, 1.807) is 30.0 Å². The molecule has 14 heteroatoms. The van der Waals surface area contributed by atoms with Gasteiger partial charge < -0.3 is 36.0 Å². The lowest BCUT2D eigenvalue weighted by atomic mass is 9.57. The number of aromatic hydroxyl groups is 1. The van der Waals surface area contributed by atoms with Gasteiger partial charge in [0.25, 0.3) is 5.91 Å². The van der Waals surface area contributed by atoms with Crippen LogP contribution in [0.3, 0.4) is 0 Å². The lowest BCUT2D eigenvalue weighted by Gasteiger charge is -2.50. The van der Waals surface area contributed by atoms with Gasteiger partial charge in [-0.15, -0.1) is 0 Å². The molecule has 0 bridgehead atoms. The number of anilines is 1. The van der Waals surface area contributed by atoms with Crippen LogP contribution >= 0.6 is 0 Å². The molecule has 228 valence electrons. The summed E-state index contributed by atoms with van der Waals surface area (Å²) in [6.45, 7) is 1.94. The maximum atomic E-state index is 13.9. The van der Waals surface area contributed by atoms with E-state index >= 15 is 0 Å². The second-order valence-corrected chi connectivity index (χ2v) is 11.5. The highest BCUT2D eigenvalue weighted by Gasteiger charge is 2.64. The SMILES string of the molecule is CC(NCc1nccn1C)C(=O)Nc1ccc2c(c1O)C(O)=C1C(=O)C3(O)C(O)=C(C(N)=O)C(=O)[C@@H](N(C)C)C3CC1C2. The molecule has 0 saturated heterocycles. The van der Waals surface area contributed by atoms with E-state index in [-0.39, 0.29) is 29.7 Å². The summed E-state index contributed by atoms with van der Waals surface area (Å²) in [5.74, 6) is -7.09. The molecule has 43 heavy (non-hydrogen) atoms. The van der Waals surface area contributed by atoms with E-state index in [1.165, 1.54) is 25.1 Å². The number of hydrogen-bond acceptors (Lipinski definition) is 11. The molecule has 5 atom stereocenters. The van der Waals surface area contributed by atoms with Crippen molar-refractivity contribution in [2.24, 2.45) is 24.6 Å². The normalized spacial score (nSPS) is 25.8. The molecule has 0 aliphatic heterocycles. The summed E-state index contributed by atoms with van der Waals surface area (Å²) in [4.78, 5) is 57.7. The van der Waals surface area contributed by atoms with Gasteiger partial charge in [-0.25, -0.2) is 4.98 Å². The summed E-state index contributed by atoms with van der Waals surface area (Å²) < 4.78 is 1.80. The zero-order chi connectivity index (χ0) is 31.5.